The average molecular weight is 274 g/mol. The molecule has 0 fully saturated rings. The molecule has 0 aliphatic rings. The molecule has 0 bridgehead atoms. The predicted molar refractivity (Wildman–Crippen MR) is 62.1 cm³/mol. The Bertz CT molecular complexity index is 392. The molecule has 1 aromatic carbocycles. The van der Waals surface area contributed by atoms with Crippen molar-refractivity contribution >= 4 is 15.9 Å². The smallest absolute Gasteiger partial charge is 0.141 e. The standard InChI is InChI=1S/C11H13BrFNO/c1-6(2)5-9(14)7-3-4-8(13)10(12)11(7)15/h3-4,9,15H,1,5,14H2,2H3/t9-/m1/s1. The summed E-state index contributed by atoms with van der Waals surface area (Å²) in [5.74, 6) is -0.637. The third kappa shape index (κ3) is 2.79. The first-order chi connectivity index (χ1) is 6.93. The van der Waals surface area contributed by atoms with Crippen LogP contribution >= 0.6 is 15.9 Å². The lowest BCUT2D eigenvalue weighted by Gasteiger charge is -2.14. The van der Waals surface area contributed by atoms with Crippen LogP contribution in [0.4, 0.5) is 4.39 Å². The first-order valence-electron chi connectivity index (χ1n) is 4.50. The van der Waals surface area contributed by atoms with E-state index in [-0.39, 0.29) is 16.3 Å². The van der Waals surface area contributed by atoms with E-state index in [1.54, 1.807) is 0 Å². The second-order valence-electron chi connectivity index (χ2n) is 3.57. The predicted octanol–water partition coefficient (Wildman–Crippen LogP) is 3.26. The summed E-state index contributed by atoms with van der Waals surface area (Å²) >= 11 is 2.96. The monoisotopic (exact) mass is 273 g/mol. The van der Waals surface area contributed by atoms with Crippen LogP contribution in [0.15, 0.2) is 28.8 Å². The largest absolute Gasteiger partial charge is 0.506 e. The van der Waals surface area contributed by atoms with Crippen molar-refractivity contribution < 1.29 is 9.50 Å². The molecule has 1 rings (SSSR count). The number of phenolic OH excluding ortho intramolecular Hbond substituents is 1. The molecule has 0 aliphatic heterocycles. The third-order valence-electron chi connectivity index (χ3n) is 2.07. The van der Waals surface area contributed by atoms with Gasteiger partial charge in [0.15, 0.2) is 0 Å². The number of benzene rings is 1. The van der Waals surface area contributed by atoms with Crippen LogP contribution in [0.5, 0.6) is 5.75 Å². The maximum atomic E-state index is 13.0. The molecule has 0 saturated heterocycles. The van der Waals surface area contributed by atoms with Crippen LogP contribution in [0.25, 0.3) is 0 Å². The minimum Gasteiger partial charge on any atom is -0.506 e. The van der Waals surface area contributed by atoms with Crippen molar-refractivity contribution in [1.29, 1.82) is 0 Å². The van der Waals surface area contributed by atoms with Gasteiger partial charge in [0.25, 0.3) is 0 Å². The number of nitrogens with two attached hydrogens (primary N) is 1. The van der Waals surface area contributed by atoms with Gasteiger partial charge in [0, 0.05) is 11.6 Å². The molecule has 0 saturated carbocycles. The summed E-state index contributed by atoms with van der Waals surface area (Å²) in [6, 6.07) is 2.40. The molecule has 0 amide bonds. The lowest BCUT2D eigenvalue weighted by molar-refractivity contribution is 0.450. The van der Waals surface area contributed by atoms with E-state index in [0.717, 1.165) is 5.57 Å². The quantitative estimate of drug-likeness (QED) is 0.831. The summed E-state index contributed by atoms with van der Waals surface area (Å²) in [6.07, 6.45) is 0.561. The first kappa shape index (κ1) is 12.2. The summed E-state index contributed by atoms with van der Waals surface area (Å²) in [5, 5.41) is 9.67. The van der Waals surface area contributed by atoms with E-state index >= 15 is 0 Å². The molecule has 1 atom stereocenters. The summed E-state index contributed by atoms with van der Waals surface area (Å²) in [6.45, 7) is 5.60. The molecule has 2 nitrogen and oxygen atoms in total. The number of rotatable bonds is 3. The van der Waals surface area contributed by atoms with Gasteiger partial charge < -0.3 is 10.8 Å². The van der Waals surface area contributed by atoms with Gasteiger partial charge in [-0.25, -0.2) is 4.39 Å². The molecule has 0 aliphatic carbocycles. The fourth-order valence-corrected chi connectivity index (χ4v) is 1.70. The fourth-order valence-electron chi connectivity index (χ4n) is 1.34. The molecule has 0 aromatic heterocycles. The van der Waals surface area contributed by atoms with Crippen LogP contribution in [0.3, 0.4) is 0 Å². The molecular formula is C11H13BrFNO. The summed E-state index contributed by atoms with van der Waals surface area (Å²) in [4.78, 5) is 0. The van der Waals surface area contributed by atoms with E-state index < -0.39 is 5.82 Å². The minimum atomic E-state index is -0.501. The van der Waals surface area contributed by atoms with E-state index in [0.29, 0.717) is 12.0 Å². The maximum Gasteiger partial charge on any atom is 0.141 e. The molecule has 0 radical (unpaired) electrons. The molecule has 3 N–H and O–H groups in total. The van der Waals surface area contributed by atoms with Crippen LogP contribution in [0.2, 0.25) is 0 Å². The van der Waals surface area contributed by atoms with E-state index in [1.165, 1.54) is 12.1 Å². The van der Waals surface area contributed by atoms with Crippen molar-refractivity contribution in [2.24, 2.45) is 5.73 Å². The van der Waals surface area contributed by atoms with Gasteiger partial charge in [-0.15, -0.1) is 6.58 Å². The third-order valence-corrected chi connectivity index (χ3v) is 2.82. The molecular weight excluding hydrogens is 261 g/mol. The Kier molecular flexibility index (Phi) is 3.88. The lowest BCUT2D eigenvalue weighted by atomic mass is 10.0. The van der Waals surface area contributed by atoms with Gasteiger partial charge in [-0.3, -0.25) is 0 Å². The van der Waals surface area contributed by atoms with Gasteiger partial charge in [-0.2, -0.15) is 0 Å². The Labute approximate surface area is 96.7 Å². The Hall–Kier alpha value is -0.870. The second kappa shape index (κ2) is 4.77. The first-order valence-corrected chi connectivity index (χ1v) is 5.29. The van der Waals surface area contributed by atoms with Crippen LogP contribution in [0, 0.1) is 5.82 Å². The summed E-state index contributed by atoms with van der Waals surface area (Å²) in [7, 11) is 0. The van der Waals surface area contributed by atoms with Crippen molar-refractivity contribution in [3.63, 3.8) is 0 Å². The van der Waals surface area contributed by atoms with Crippen molar-refractivity contribution in [3.05, 3.63) is 40.1 Å². The van der Waals surface area contributed by atoms with Gasteiger partial charge in [0.1, 0.15) is 11.6 Å². The number of halogens is 2. The highest BCUT2D eigenvalue weighted by Crippen LogP contribution is 2.34. The van der Waals surface area contributed by atoms with Crippen molar-refractivity contribution in [2.45, 2.75) is 19.4 Å². The van der Waals surface area contributed by atoms with Gasteiger partial charge in [0.2, 0.25) is 0 Å². The van der Waals surface area contributed by atoms with Crippen LogP contribution in [-0.2, 0) is 0 Å². The Morgan fingerprint density at radius 3 is 2.80 bits per heavy atom. The number of hydrogen-bond donors (Lipinski definition) is 2. The highest BCUT2D eigenvalue weighted by molar-refractivity contribution is 9.10. The molecule has 0 heterocycles. The second-order valence-corrected chi connectivity index (χ2v) is 4.36. The Morgan fingerprint density at radius 1 is 1.67 bits per heavy atom. The maximum absolute atomic E-state index is 13.0. The molecule has 4 heteroatoms. The molecule has 1 aromatic rings. The molecule has 15 heavy (non-hydrogen) atoms. The summed E-state index contributed by atoms with van der Waals surface area (Å²) in [5.41, 5.74) is 7.29. The highest BCUT2D eigenvalue weighted by atomic mass is 79.9. The van der Waals surface area contributed by atoms with Crippen molar-refractivity contribution in [3.8, 4) is 5.75 Å². The fraction of sp³-hybridized carbons (Fsp3) is 0.273. The van der Waals surface area contributed by atoms with Gasteiger partial charge in [-0.05, 0) is 35.3 Å². The van der Waals surface area contributed by atoms with Crippen molar-refractivity contribution in [1.82, 2.24) is 0 Å². The Morgan fingerprint density at radius 2 is 2.27 bits per heavy atom. The van der Waals surface area contributed by atoms with E-state index in [4.69, 9.17) is 5.73 Å². The topological polar surface area (TPSA) is 46.2 Å². The molecule has 82 valence electrons. The van der Waals surface area contributed by atoms with Crippen LogP contribution in [0.1, 0.15) is 24.9 Å². The van der Waals surface area contributed by atoms with E-state index in [1.807, 2.05) is 6.92 Å². The van der Waals surface area contributed by atoms with Gasteiger partial charge in [-0.1, -0.05) is 11.6 Å². The molecule has 0 unspecified atom stereocenters. The number of aromatic hydroxyl groups is 1. The zero-order valence-corrected chi connectivity index (χ0v) is 10.0. The number of hydrogen-bond acceptors (Lipinski definition) is 2. The van der Waals surface area contributed by atoms with Crippen LogP contribution < -0.4 is 5.73 Å². The van der Waals surface area contributed by atoms with Crippen molar-refractivity contribution in [2.75, 3.05) is 0 Å². The van der Waals surface area contributed by atoms with Crippen LogP contribution in [-0.4, -0.2) is 5.11 Å². The van der Waals surface area contributed by atoms with E-state index in [2.05, 4.69) is 22.5 Å². The zero-order valence-electron chi connectivity index (χ0n) is 8.43. The highest BCUT2D eigenvalue weighted by Gasteiger charge is 2.15. The minimum absolute atomic E-state index is 0.0529. The zero-order chi connectivity index (χ0) is 11.6. The SMILES string of the molecule is C=C(C)C[C@@H](N)c1ccc(F)c(Br)c1O. The molecule has 0 spiro atoms. The lowest BCUT2D eigenvalue weighted by Crippen LogP contribution is -2.11. The number of phenols is 1. The Balaban J connectivity index is 3.05. The summed E-state index contributed by atoms with van der Waals surface area (Å²) < 4.78 is 13.1. The average Bonchev–Trinajstić information content (AvgIpc) is 2.13. The van der Waals surface area contributed by atoms with Gasteiger partial charge in [0.05, 0.1) is 4.47 Å². The normalized spacial score (nSPS) is 12.5. The van der Waals surface area contributed by atoms with Gasteiger partial charge >= 0.3 is 0 Å². The van der Waals surface area contributed by atoms with E-state index in [9.17, 15) is 9.50 Å².